The van der Waals surface area contributed by atoms with Crippen molar-refractivity contribution in [3.05, 3.63) is 0 Å². The molecule has 16 heavy (non-hydrogen) atoms. The summed E-state index contributed by atoms with van der Waals surface area (Å²) >= 11 is 0. The van der Waals surface area contributed by atoms with Crippen LogP contribution in [0, 0.1) is 12.3 Å². The molecule has 6 heteroatoms. The van der Waals surface area contributed by atoms with Gasteiger partial charge >= 0.3 is 12.0 Å². The first-order valence-electron chi connectivity index (χ1n) is 4.79. The van der Waals surface area contributed by atoms with E-state index in [4.69, 9.17) is 16.3 Å². The van der Waals surface area contributed by atoms with Crippen molar-refractivity contribution < 1.29 is 19.4 Å². The molecule has 0 aromatic rings. The lowest BCUT2D eigenvalue weighted by molar-refractivity contribution is -0.159. The third kappa shape index (κ3) is 3.14. The number of carboxylic acids is 1. The quantitative estimate of drug-likeness (QED) is 0.634. The largest absolute Gasteiger partial charge is 0.480 e. The predicted octanol–water partition coefficient (Wildman–Crippen LogP) is -0.495. The maximum absolute atomic E-state index is 11.4. The first-order valence-corrected chi connectivity index (χ1v) is 4.79. The highest BCUT2D eigenvalue weighted by Gasteiger charge is 2.42. The number of aliphatic carboxylic acids is 1. The second-order valence-electron chi connectivity index (χ2n) is 3.85. The summed E-state index contributed by atoms with van der Waals surface area (Å²) < 4.78 is 5.15. The van der Waals surface area contributed by atoms with Crippen LogP contribution in [-0.4, -0.2) is 53.8 Å². The van der Waals surface area contributed by atoms with Crippen LogP contribution in [-0.2, 0) is 9.53 Å². The van der Waals surface area contributed by atoms with Gasteiger partial charge in [-0.1, -0.05) is 5.92 Å². The van der Waals surface area contributed by atoms with Crippen LogP contribution in [0.1, 0.15) is 6.92 Å². The summed E-state index contributed by atoms with van der Waals surface area (Å²) in [7, 11) is 0. The van der Waals surface area contributed by atoms with Gasteiger partial charge in [0.2, 0.25) is 0 Å². The van der Waals surface area contributed by atoms with Crippen molar-refractivity contribution in [3.8, 4) is 12.3 Å². The highest BCUT2D eigenvalue weighted by molar-refractivity contribution is 5.75. The average Bonchev–Trinajstić information content (AvgIpc) is 2.19. The molecule has 1 fully saturated rings. The molecule has 0 spiro atoms. The van der Waals surface area contributed by atoms with Crippen LogP contribution in [0.25, 0.3) is 0 Å². The molecule has 0 aliphatic carbocycles. The number of hydrogen-bond acceptors (Lipinski definition) is 3. The van der Waals surface area contributed by atoms with Crippen LogP contribution < -0.4 is 5.32 Å². The molecule has 1 aliphatic rings. The highest BCUT2D eigenvalue weighted by Crippen LogP contribution is 2.24. The number of urea groups is 1. The molecular formula is C10H14N2O4. The maximum Gasteiger partial charge on any atom is 0.329 e. The molecule has 1 saturated heterocycles. The van der Waals surface area contributed by atoms with Crippen LogP contribution >= 0.6 is 0 Å². The van der Waals surface area contributed by atoms with Crippen LogP contribution in [0.15, 0.2) is 0 Å². The Morgan fingerprint density at radius 3 is 2.75 bits per heavy atom. The molecular weight excluding hydrogens is 212 g/mol. The van der Waals surface area contributed by atoms with Gasteiger partial charge in [0.25, 0.3) is 0 Å². The minimum Gasteiger partial charge on any atom is -0.480 e. The number of amides is 2. The van der Waals surface area contributed by atoms with Gasteiger partial charge in [-0.3, -0.25) is 0 Å². The van der Waals surface area contributed by atoms with E-state index in [1.807, 2.05) is 0 Å². The van der Waals surface area contributed by atoms with Gasteiger partial charge in [0, 0.05) is 0 Å². The molecule has 0 saturated carbocycles. The van der Waals surface area contributed by atoms with Crippen LogP contribution in [0.4, 0.5) is 4.79 Å². The Morgan fingerprint density at radius 1 is 1.62 bits per heavy atom. The van der Waals surface area contributed by atoms with Gasteiger partial charge in [0.1, 0.15) is 12.2 Å². The Morgan fingerprint density at radius 2 is 2.25 bits per heavy atom. The lowest BCUT2D eigenvalue weighted by atomic mass is 9.97. The third-order valence-electron chi connectivity index (χ3n) is 2.22. The monoisotopic (exact) mass is 226 g/mol. The summed E-state index contributed by atoms with van der Waals surface area (Å²) in [4.78, 5) is 23.2. The number of nitrogens with zero attached hydrogens (tertiary/aromatic N) is 1. The lowest BCUT2D eigenvalue weighted by Gasteiger charge is -2.46. The molecule has 6 nitrogen and oxygen atoms in total. The second kappa shape index (κ2) is 4.86. The van der Waals surface area contributed by atoms with Crippen molar-refractivity contribution in [3.63, 3.8) is 0 Å². The molecule has 2 N–H and O–H groups in total. The fourth-order valence-corrected chi connectivity index (χ4v) is 1.47. The van der Waals surface area contributed by atoms with Crippen molar-refractivity contribution in [2.45, 2.75) is 12.5 Å². The van der Waals surface area contributed by atoms with E-state index in [9.17, 15) is 9.59 Å². The fourth-order valence-electron chi connectivity index (χ4n) is 1.47. The first kappa shape index (κ1) is 12.3. The number of terminal acetylenes is 1. The summed E-state index contributed by atoms with van der Waals surface area (Å²) in [5.74, 6) is 1.28. The Hall–Kier alpha value is -1.74. The molecule has 0 unspecified atom stereocenters. The van der Waals surface area contributed by atoms with Crippen molar-refractivity contribution >= 4 is 12.0 Å². The zero-order valence-corrected chi connectivity index (χ0v) is 9.02. The minimum atomic E-state index is -1.02. The van der Waals surface area contributed by atoms with E-state index in [-0.39, 0.29) is 19.2 Å². The number of hydrogen-bond donors (Lipinski definition) is 2. The van der Waals surface area contributed by atoms with Crippen molar-refractivity contribution in [1.82, 2.24) is 10.2 Å². The molecule has 0 radical (unpaired) electrons. The number of carbonyl (C=O) groups excluding carboxylic acids is 1. The summed E-state index contributed by atoms with van der Waals surface area (Å²) in [5, 5.41) is 11.0. The number of ether oxygens (including phenoxy) is 1. The fraction of sp³-hybridized carbons (Fsp3) is 0.600. The lowest BCUT2D eigenvalue weighted by Crippen LogP contribution is -2.65. The highest BCUT2D eigenvalue weighted by atomic mass is 16.5. The molecule has 0 aromatic carbocycles. The van der Waals surface area contributed by atoms with Crippen molar-refractivity contribution in [1.29, 1.82) is 0 Å². The van der Waals surface area contributed by atoms with Crippen LogP contribution in [0.3, 0.4) is 0 Å². The van der Waals surface area contributed by atoms with Crippen molar-refractivity contribution in [2.24, 2.45) is 0 Å². The molecule has 1 aliphatic heterocycles. The Kier molecular flexibility index (Phi) is 3.74. The van der Waals surface area contributed by atoms with Gasteiger partial charge in [-0.15, -0.1) is 6.42 Å². The summed E-state index contributed by atoms with van der Waals surface area (Å²) in [6.07, 6.45) is 5.00. The Labute approximate surface area is 93.6 Å². The van der Waals surface area contributed by atoms with E-state index in [0.29, 0.717) is 13.1 Å². The van der Waals surface area contributed by atoms with E-state index in [1.54, 1.807) is 6.92 Å². The zero-order chi connectivity index (χ0) is 12.2. The summed E-state index contributed by atoms with van der Waals surface area (Å²) in [5.41, 5.74) is -0.564. The normalized spacial score (nSPS) is 17.1. The van der Waals surface area contributed by atoms with Gasteiger partial charge in [-0.05, 0) is 6.92 Å². The SMILES string of the molecule is C#CCNC(=O)N1CC(C)(OCC(=O)O)C1. The van der Waals surface area contributed by atoms with E-state index >= 15 is 0 Å². The smallest absolute Gasteiger partial charge is 0.329 e. The Bertz CT molecular complexity index is 328. The summed E-state index contributed by atoms with van der Waals surface area (Å²) in [6, 6.07) is -0.255. The number of nitrogens with one attached hydrogen (secondary N) is 1. The standard InChI is InChI=1S/C10H14N2O4/c1-3-4-11-9(15)12-6-10(2,7-12)16-5-8(13)14/h1H,4-7H2,2H3,(H,11,15)(H,13,14). The maximum atomic E-state index is 11.4. The van der Waals surface area contributed by atoms with Crippen LogP contribution in [0.5, 0.6) is 0 Å². The molecule has 1 heterocycles. The van der Waals surface area contributed by atoms with Gasteiger partial charge in [0.15, 0.2) is 0 Å². The van der Waals surface area contributed by atoms with Gasteiger partial charge in [-0.2, -0.15) is 0 Å². The van der Waals surface area contributed by atoms with Gasteiger partial charge in [0.05, 0.1) is 19.6 Å². The molecule has 0 atom stereocenters. The van der Waals surface area contributed by atoms with E-state index in [1.165, 1.54) is 4.90 Å². The molecule has 0 bridgehead atoms. The first-order chi connectivity index (χ1) is 7.47. The number of likely N-dealkylation sites (tertiary alicyclic amines) is 1. The van der Waals surface area contributed by atoms with Gasteiger partial charge < -0.3 is 20.1 Å². The van der Waals surface area contributed by atoms with Crippen LogP contribution in [0.2, 0.25) is 0 Å². The average molecular weight is 226 g/mol. The van der Waals surface area contributed by atoms with E-state index in [0.717, 1.165) is 0 Å². The van der Waals surface area contributed by atoms with E-state index in [2.05, 4.69) is 11.2 Å². The topological polar surface area (TPSA) is 78.9 Å². The molecule has 88 valence electrons. The predicted molar refractivity (Wildman–Crippen MR) is 55.8 cm³/mol. The summed E-state index contributed by atoms with van der Waals surface area (Å²) in [6.45, 7) is 2.34. The number of carbonyl (C=O) groups is 2. The van der Waals surface area contributed by atoms with Crippen molar-refractivity contribution in [2.75, 3.05) is 26.2 Å². The minimum absolute atomic E-state index is 0.183. The molecule has 0 aromatic heterocycles. The van der Waals surface area contributed by atoms with Gasteiger partial charge in [-0.25, -0.2) is 9.59 Å². The number of rotatable bonds is 4. The number of carboxylic acid groups (broad SMARTS) is 1. The zero-order valence-electron chi connectivity index (χ0n) is 9.02. The third-order valence-corrected chi connectivity index (χ3v) is 2.22. The Balaban J connectivity index is 2.28. The molecule has 2 amide bonds. The molecule has 1 rings (SSSR count). The van der Waals surface area contributed by atoms with E-state index < -0.39 is 11.6 Å². The second-order valence-corrected chi connectivity index (χ2v) is 3.85.